The first-order chi connectivity index (χ1) is 13.8. The second-order valence-electron chi connectivity index (χ2n) is 6.02. The summed E-state index contributed by atoms with van der Waals surface area (Å²) in [7, 11) is -0.0823. The molecule has 3 rings (SSSR count). The first kappa shape index (κ1) is 20.8. The molecule has 0 aliphatic heterocycles. The molecule has 0 aliphatic carbocycles. The van der Waals surface area contributed by atoms with E-state index < -0.39 is 22.7 Å². The van der Waals surface area contributed by atoms with Crippen molar-refractivity contribution in [3.63, 3.8) is 0 Å². The second kappa shape index (κ2) is 8.63. The number of halogens is 1. The molecule has 3 aromatic rings. The van der Waals surface area contributed by atoms with Gasteiger partial charge in [0.05, 0.1) is 17.9 Å². The summed E-state index contributed by atoms with van der Waals surface area (Å²) in [6.07, 6.45) is 0. The van der Waals surface area contributed by atoms with Gasteiger partial charge in [0.2, 0.25) is 0 Å². The number of carbonyl (C=O) groups excluding carboxylic acids is 2. The van der Waals surface area contributed by atoms with E-state index in [9.17, 15) is 13.8 Å². The van der Waals surface area contributed by atoms with Crippen LogP contribution in [0.3, 0.4) is 0 Å². The maximum Gasteiger partial charge on any atom is 0.308 e. The Labute approximate surface area is 174 Å². The van der Waals surface area contributed by atoms with Crippen LogP contribution in [0.5, 0.6) is 17.2 Å². The van der Waals surface area contributed by atoms with Crippen molar-refractivity contribution >= 4 is 45.1 Å². The monoisotopic (exact) mass is 432 g/mol. The summed E-state index contributed by atoms with van der Waals surface area (Å²) in [5, 5.41) is 1.48. The molecule has 0 bridgehead atoms. The predicted octanol–water partition coefficient (Wildman–Crippen LogP) is 4.52. The van der Waals surface area contributed by atoms with Gasteiger partial charge >= 0.3 is 11.9 Å². The lowest BCUT2D eigenvalue weighted by atomic mass is 10.1. The highest BCUT2D eigenvalue weighted by molar-refractivity contribution is 7.85. The lowest BCUT2D eigenvalue weighted by molar-refractivity contribution is -0.133. The van der Waals surface area contributed by atoms with Crippen LogP contribution < -0.4 is 14.2 Å². The van der Waals surface area contributed by atoms with Crippen LogP contribution in [0.15, 0.2) is 58.3 Å². The molecular formula is C21H17ClO6S. The summed E-state index contributed by atoms with van der Waals surface area (Å²) in [5.41, 5.74) is 0. The molecule has 29 heavy (non-hydrogen) atoms. The van der Waals surface area contributed by atoms with Crippen molar-refractivity contribution in [2.45, 2.75) is 23.6 Å². The molecule has 0 saturated carbocycles. The SMILES string of the molecule is COc1cc(OC(C)=O)c2cc(S(=O)c3ccc(Cl)cc3)ccc2c1OC(C)=O. The molecule has 0 spiro atoms. The molecule has 8 heteroatoms. The van der Waals surface area contributed by atoms with E-state index in [1.54, 1.807) is 42.5 Å². The van der Waals surface area contributed by atoms with Crippen molar-refractivity contribution in [3.8, 4) is 17.2 Å². The van der Waals surface area contributed by atoms with Gasteiger partial charge in [-0.05, 0) is 42.5 Å². The number of fused-ring (bicyclic) bond motifs is 1. The number of carbonyl (C=O) groups is 2. The third kappa shape index (κ3) is 4.58. The van der Waals surface area contributed by atoms with Gasteiger partial charge < -0.3 is 14.2 Å². The normalized spacial score (nSPS) is 11.7. The van der Waals surface area contributed by atoms with Crippen molar-refractivity contribution < 1.29 is 28.0 Å². The van der Waals surface area contributed by atoms with Crippen molar-refractivity contribution in [1.29, 1.82) is 0 Å². The van der Waals surface area contributed by atoms with Crippen LogP contribution in [0.25, 0.3) is 10.8 Å². The molecule has 3 aromatic carbocycles. The van der Waals surface area contributed by atoms with E-state index in [0.29, 0.717) is 25.6 Å². The Balaban J connectivity index is 2.21. The maximum atomic E-state index is 13.0. The molecule has 0 amide bonds. The van der Waals surface area contributed by atoms with Crippen LogP contribution in [-0.4, -0.2) is 23.3 Å². The number of esters is 2. The second-order valence-corrected chi connectivity index (χ2v) is 7.94. The average molecular weight is 433 g/mol. The molecule has 0 saturated heterocycles. The quantitative estimate of drug-likeness (QED) is 0.435. The fraction of sp³-hybridized carbons (Fsp3) is 0.143. The summed E-state index contributed by atoms with van der Waals surface area (Å²) in [6, 6.07) is 13.0. The van der Waals surface area contributed by atoms with Crippen LogP contribution in [-0.2, 0) is 20.4 Å². The van der Waals surface area contributed by atoms with E-state index >= 15 is 0 Å². The minimum Gasteiger partial charge on any atom is -0.493 e. The van der Waals surface area contributed by atoms with E-state index in [-0.39, 0.29) is 17.2 Å². The van der Waals surface area contributed by atoms with Crippen LogP contribution >= 0.6 is 11.6 Å². The van der Waals surface area contributed by atoms with Gasteiger partial charge in [0, 0.05) is 45.5 Å². The molecule has 0 N–H and O–H groups in total. The van der Waals surface area contributed by atoms with Gasteiger partial charge in [-0.25, -0.2) is 4.21 Å². The lowest BCUT2D eigenvalue weighted by Crippen LogP contribution is -2.06. The van der Waals surface area contributed by atoms with Crippen molar-refractivity contribution in [2.24, 2.45) is 0 Å². The molecule has 0 fully saturated rings. The van der Waals surface area contributed by atoms with Gasteiger partial charge in [0.25, 0.3) is 0 Å². The number of benzene rings is 3. The minimum absolute atomic E-state index is 0.190. The molecule has 6 nitrogen and oxygen atoms in total. The van der Waals surface area contributed by atoms with E-state index in [1.165, 1.54) is 27.0 Å². The topological polar surface area (TPSA) is 78.9 Å². The predicted molar refractivity (Wildman–Crippen MR) is 109 cm³/mol. The molecule has 0 aromatic heterocycles. The number of rotatable bonds is 5. The Morgan fingerprint density at radius 2 is 1.45 bits per heavy atom. The van der Waals surface area contributed by atoms with Crippen molar-refractivity contribution in [2.75, 3.05) is 7.11 Å². The van der Waals surface area contributed by atoms with Gasteiger partial charge in [-0.2, -0.15) is 0 Å². The van der Waals surface area contributed by atoms with E-state index in [4.69, 9.17) is 25.8 Å². The van der Waals surface area contributed by atoms with Gasteiger partial charge in [0.15, 0.2) is 11.5 Å². The third-order valence-electron chi connectivity index (χ3n) is 3.95. The Morgan fingerprint density at radius 3 is 2.03 bits per heavy atom. The molecule has 0 radical (unpaired) electrons. The fourth-order valence-electron chi connectivity index (χ4n) is 2.77. The van der Waals surface area contributed by atoms with Gasteiger partial charge in [-0.15, -0.1) is 0 Å². The summed E-state index contributed by atoms with van der Waals surface area (Å²) >= 11 is 5.90. The Morgan fingerprint density at radius 1 is 0.828 bits per heavy atom. The molecular weight excluding hydrogens is 416 g/mol. The van der Waals surface area contributed by atoms with Crippen LogP contribution in [0.4, 0.5) is 0 Å². The lowest BCUT2D eigenvalue weighted by Gasteiger charge is -2.15. The zero-order valence-electron chi connectivity index (χ0n) is 15.9. The molecule has 1 unspecified atom stereocenters. The highest BCUT2D eigenvalue weighted by atomic mass is 35.5. The van der Waals surface area contributed by atoms with E-state index in [1.807, 2.05) is 0 Å². The van der Waals surface area contributed by atoms with E-state index in [2.05, 4.69) is 0 Å². The summed E-state index contributed by atoms with van der Waals surface area (Å²) in [4.78, 5) is 24.2. The first-order valence-corrected chi connectivity index (χ1v) is 10.0. The minimum atomic E-state index is -1.49. The van der Waals surface area contributed by atoms with Crippen LogP contribution in [0.2, 0.25) is 5.02 Å². The summed E-state index contributed by atoms with van der Waals surface area (Å²) < 4.78 is 28.9. The first-order valence-electron chi connectivity index (χ1n) is 8.49. The Kier molecular flexibility index (Phi) is 6.20. The third-order valence-corrected chi connectivity index (χ3v) is 5.58. The number of hydrogen-bond acceptors (Lipinski definition) is 6. The van der Waals surface area contributed by atoms with Gasteiger partial charge in [-0.3, -0.25) is 9.59 Å². The van der Waals surface area contributed by atoms with Crippen molar-refractivity contribution in [1.82, 2.24) is 0 Å². The number of methoxy groups -OCH3 is 1. The van der Waals surface area contributed by atoms with Crippen LogP contribution in [0.1, 0.15) is 13.8 Å². The van der Waals surface area contributed by atoms with Crippen molar-refractivity contribution in [3.05, 3.63) is 53.6 Å². The van der Waals surface area contributed by atoms with Gasteiger partial charge in [0.1, 0.15) is 5.75 Å². The highest BCUT2D eigenvalue weighted by Gasteiger charge is 2.19. The van der Waals surface area contributed by atoms with Crippen LogP contribution in [0, 0.1) is 0 Å². The smallest absolute Gasteiger partial charge is 0.308 e. The standard InChI is InChI=1S/C21H17ClO6S/c1-12(23)27-19-11-20(26-3)21(28-13(2)24)17-9-8-16(10-18(17)19)29(25)15-6-4-14(22)5-7-15/h4-11H,1-3H3. The summed E-state index contributed by atoms with van der Waals surface area (Å²) in [6.45, 7) is 2.54. The zero-order chi connectivity index (χ0) is 21.1. The van der Waals surface area contributed by atoms with Gasteiger partial charge in [-0.1, -0.05) is 11.6 Å². The zero-order valence-corrected chi connectivity index (χ0v) is 17.4. The molecule has 0 heterocycles. The van der Waals surface area contributed by atoms with E-state index in [0.717, 1.165) is 0 Å². The average Bonchev–Trinajstić information content (AvgIpc) is 2.68. The fourth-order valence-corrected chi connectivity index (χ4v) is 3.97. The Bertz CT molecular complexity index is 1120. The molecule has 1 atom stereocenters. The molecule has 0 aliphatic rings. The molecule has 150 valence electrons. The largest absolute Gasteiger partial charge is 0.493 e. The summed E-state index contributed by atoms with van der Waals surface area (Å²) in [5.74, 6) is -0.433. The Hall–Kier alpha value is -2.90. The highest BCUT2D eigenvalue weighted by Crippen LogP contribution is 2.42. The number of hydrogen-bond donors (Lipinski definition) is 0. The number of ether oxygens (including phenoxy) is 3. The maximum absolute atomic E-state index is 13.0.